The van der Waals surface area contributed by atoms with Crippen LogP contribution in [0.3, 0.4) is 0 Å². The van der Waals surface area contributed by atoms with Gasteiger partial charge in [0, 0.05) is 45.2 Å². The zero-order valence-electron chi connectivity index (χ0n) is 14.9. The number of carbonyl (C=O) groups is 1. The van der Waals surface area contributed by atoms with Crippen molar-refractivity contribution in [2.45, 2.75) is 45.8 Å². The molecule has 1 aliphatic heterocycles. The first kappa shape index (κ1) is 19.5. The third-order valence-corrected chi connectivity index (χ3v) is 4.74. The van der Waals surface area contributed by atoms with E-state index in [1.807, 2.05) is 33.7 Å². The largest absolute Gasteiger partial charge is 0.337 e. The number of carbonyl (C=O) groups excluding carboxylic acids is 1. The summed E-state index contributed by atoms with van der Waals surface area (Å²) >= 11 is 0. The van der Waals surface area contributed by atoms with Crippen molar-refractivity contribution in [3.05, 3.63) is 34.7 Å². The molecule has 1 aliphatic rings. The quantitative estimate of drug-likeness (QED) is 0.878. The van der Waals surface area contributed by atoms with Gasteiger partial charge in [0.15, 0.2) is 0 Å². The summed E-state index contributed by atoms with van der Waals surface area (Å²) in [6.45, 7) is 7.68. The van der Waals surface area contributed by atoms with E-state index in [1.54, 1.807) is 4.57 Å². The van der Waals surface area contributed by atoms with Crippen LogP contribution in [0.25, 0.3) is 11.0 Å². The highest BCUT2D eigenvalue weighted by molar-refractivity contribution is 5.85. The second kappa shape index (κ2) is 8.54. The van der Waals surface area contributed by atoms with Crippen molar-refractivity contribution in [2.24, 2.45) is 0 Å². The Morgan fingerprint density at radius 2 is 1.84 bits per heavy atom. The number of hydrogen-bond donors (Lipinski definition) is 1. The van der Waals surface area contributed by atoms with Crippen LogP contribution in [-0.2, 0) is 17.9 Å². The van der Waals surface area contributed by atoms with Gasteiger partial charge in [0.05, 0.1) is 11.0 Å². The summed E-state index contributed by atoms with van der Waals surface area (Å²) in [6.07, 6.45) is 1.27. The van der Waals surface area contributed by atoms with E-state index in [2.05, 4.69) is 19.2 Å². The van der Waals surface area contributed by atoms with Gasteiger partial charge in [-0.15, -0.1) is 12.4 Å². The number of halogens is 1. The van der Waals surface area contributed by atoms with Gasteiger partial charge >= 0.3 is 5.69 Å². The Hall–Kier alpha value is -1.79. The number of fused-ring (bicyclic) bond motifs is 1. The molecule has 7 heteroatoms. The highest BCUT2D eigenvalue weighted by Gasteiger charge is 2.23. The Balaban J connectivity index is 0.00000225. The fourth-order valence-electron chi connectivity index (χ4n) is 3.49. The van der Waals surface area contributed by atoms with Crippen LogP contribution in [0.15, 0.2) is 29.1 Å². The average Bonchev–Trinajstić information content (AvgIpc) is 2.86. The summed E-state index contributed by atoms with van der Waals surface area (Å²) in [4.78, 5) is 27.2. The van der Waals surface area contributed by atoms with E-state index >= 15 is 0 Å². The lowest BCUT2D eigenvalue weighted by Gasteiger charge is -2.34. The minimum atomic E-state index is -0.0146. The van der Waals surface area contributed by atoms with E-state index in [1.165, 1.54) is 0 Å². The molecular formula is C18H27ClN4O2. The number of aryl methyl sites for hydroxylation is 2. The van der Waals surface area contributed by atoms with Crippen LogP contribution < -0.4 is 11.0 Å². The lowest BCUT2D eigenvalue weighted by atomic mass is 10.2. The molecule has 0 aliphatic carbocycles. The van der Waals surface area contributed by atoms with Crippen molar-refractivity contribution in [1.29, 1.82) is 0 Å². The first-order valence-corrected chi connectivity index (χ1v) is 8.81. The molecule has 25 heavy (non-hydrogen) atoms. The Morgan fingerprint density at radius 1 is 1.20 bits per heavy atom. The Kier molecular flexibility index (Phi) is 6.67. The number of piperazine rings is 1. The third-order valence-electron chi connectivity index (χ3n) is 4.74. The zero-order valence-corrected chi connectivity index (χ0v) is 15.7. The molecule has 1 saturated heterocycles. The summed E-state index contributed by atoms with van der Waals surface area (Å²) in [6, 6.07) is 8.04. The zero-order chi connectivity index (χ0) is 17.1. The van der Waals surface area contributed by atoms with Gasteiger partial charge in [-0.2, -0.15) is 0 Å². The second-order valence-electron chi connectivity index (χ2n) is 6.46. The molecular weight excluding hydrogens is 340 g/mol. The van der Waals surface area contributed by atoms with Gasteiger partial charge < -0.3 is 10.2 Å². The molecule has 1 atom stereocenters. The number of nitrogens with zero attached hydrogens (tertiary/aromatic N) is 3. The second-order valence-corrected chi connectivity index (χ2v) is 6.46. The Labute approximate surface area is 154 Å². The number of para-hydroxylation sites is 2. The number of nitrogens with one attached hydrogen (secondary N) is 1. The SMILES string of the molecule is CCCn1c(=O)n(CCC(=O)N2CCNC[C@@H]2C)c2ccccc21.Cl. The molecule has 6 nitrogen and oxygen atoms in total. The molecule has 0 spiro atoms. The van der Waals surface area contributed by atoms with Crippen molar-refractivity contribution in [3.8, 4) is 0 Å². The molecule has 2 aromatic rings. The van der Waals surface area contributed by atoms with Gasteiger partial charge in [-0.3, -0.25) is 13.9 Å². The van der Waals surface area contributed by atoms with Crippen LogP contribution in [0.2, 0.25) is 0 Å². The number of rotatable bonds is 5. The van der Waals surface area contributed by atoms with Crippen molar-refractivity contribution < 1.29 is 4.79 Å². The van der Waals surface area contributed by atoms with Crippen LogP contribution in [0.4, 0.5) is 0 Å². The Bertz CT molecular complexity index is 783. The molecule has 1 N–H and O–H groups in total. The molecule has 3 rings (SSSR count). The number of aromatic nitrogens is 2. The van der Waals surface area contributed by atoms with Crippen molar-refractivity contribution in [1.82, 2.24) is 19.4 Å². The molecule has 1 aromatic heterocycles. The summed E-state index contributed by atoms with van der Waals surface area (Å²) < 4.78 is 3.56. The first-order chi connectivity index (χ1) is 11.6. The van der Waals surface area contributed by atoms with E-state index in [0.717, 1.165) is 37.1 Å². The van der Waals surface area contributed by atoms with Crippen LogP contribution in [0.1, 0.15) is 26.7 Å². The van der Waals surface area contributed by atoms with E-state index in [4.69, 9.17) is 0 Å². The fourth-order valence-corrected chi connectivity index (χ4v) is 3.49. The van der Waals surface area contributed by atoms with Crippen molar-refractivity contribution >= 4 is 29.3 Å². The van der Waals surface area contributed by atoms with Crippen molar-refractivity contribution in [2.75, 3.05) is 19.6 Å². The topological polar surface area (TPSA) is 59.3 Å². The molecule has 0 radical (unpaired) electrons. The van der Waals surface area contributed by atoms with E-state index in [0.29, 0.717) is 19.5 Å². The maximum Gasteiger partial charge on any atom is 0.329 e. The minimum absolute atomic E-state index is 0. The van der Waals surface area contributed by atoms with Crippen LogP contribution in [0, 0.1) is 0 Å². The predicted molar refractivity (Wildman–Crippen MR) is 102 cm³/mol. The predicted octanol–water partition coefficient (Wildman–Crippen LogP) is 1.85. The first-order valence-electron chi connectivity index (χ1n) is 8.81. The normalized spacial score (nSPS) is 17.5. The average molecular weight is 367 g/mol. The van der Waals surface area contributed by atoms with Crippen LogP contribution in [0.5, 0.6) is 0 Å². The molecule has 138 valence electrons. The number of benzene rings is 1. The highest BCUT2D eigenvalue weighted by Crippen LogP contribution is 2.14. The standard InChI is InChI=1S/C18H26N4O2.ClH/c1-3-10-21-15-6-4-5-7-16(15)22(18(21)24)11-8-17(23)20-12-9-19-13-14(20)2;/h4-7,14,19H,3,8-13H2,1-2H3;1H/t14-;/m0./s1. The molecule has 0 bridgehead atoms. The maximum atomic E-state index is 12.7. The molecule has 2 heterocycles. The third kappa shape index (κ3) is 3.90. The van der Waals surface area contributed by atoms with Gasteiger partial charge in [-0.1, -0.05) is 19.1 Å². The summed E-state index contributed by atoms with van der Waals surface area (Å²) in [5.41, 5.74) is 1.85. The molecule has 1 amide bonds. The van der Waals surface area contributed by atoms with Gasteiger partial charge in [-0.05, 0) is 25.5 Å². The van der Waals surface area contributed by atoms with Crippen molar-refractivity contribution in [3.63, 3.8) is 0 Å². The number of amides is 1. The molecule has 0 unspecified atom stereocenters. The minimum Gasteiger partial charge on any atom is -0.337 e. The van der Waals surface area contributed by atoms with Crippen LogP contribution >= 0.6 is 12.4 Å². The van der Waals surface area contributed by atoms with E-state index in [-0.39, 0.29) is 30.0 Å². The Morgan fingerprint density at radius 3 is 2.44 bits per heavy atom. The fraction of sp³-hybridized carbons (Fsp3) is 0.556. The van der Waals surface area contributed by atoms with Gasteiger partial charge in [-0.25, -0.2) is 4.79 Å². The molecule has 1 fully saturated rings. The lowest BCUT2D eigenvalue weighted by molar-refractivity contribution is -0.134. The summed E-state index contributed by atoms with van der Waals surface area (Å²) in [7, 11) is 0. The molecule has 1 aromatic carbocycles. The smallest absolute Gasteiger partial charge is 0.329 e. The highest BCUT2D eigenvalue weighted by atomic mass is 35.5. The van der Waals surface area contributed by atoms with Gasteiger partial charge in [0.25, 0.3) is 0 Å². The number of imidazole rings is 1. The number of hydrogen-bond acceptors (Lipinski definition) is 3. The van der Waals surface area contributed by atoms with Gasteiger partial charge in [0.2, 0.25) is 5.91 Å². The maximum absolute atomic E-state index is 12.7. The van der Waals surface area contributed by atoms with Gasteiger partial charge in [0.1, 0.15) is 0 Å². The van der Waals surface area contributed by atoms with Crippen LogP contribution in [-0.4, -0.2) is 45.6 Å². The molecule has 0 saturated carbocycles. The van der Waals surface area contributed by atoms with E-state index in [9.17, 15) is 9.59 Å². The monoisotopic (exact) mass is 366 g/mol. The summed E-state index contributed by atoms with van der Waals surface area (Å²) in [5.74, 6) is 0.128. The lowest BCUT2D eigenvalue weighted by Crippen LogP contribution is -2.52. The van der Waals surface area contributed by atoms with E-state index < -0.39 is 0 Å². The summed E-state index contributed by atoms with van der Waals surface area (Å²) in [5, 5.41) is 3.29.